The molecule has 150 valence electrons. The van der Waals surface area contributed by atoms with Crippen LogP contribution >= 0.6 is 0 Å². The molecule has 3 atom stereocenters. The van der Waals surface area contributed by atoms with Gasteiger partial charge in [-0.05, 0) is 12.0 Å². The second kappa shape index (κ2) is 7.52. The zero-order valence-electron chi connectivity index (χ0n) is 15.8. The maximum atomic E-state index is 13.5. The highest BCUT2D eigenvalue weighted by atomic mass is 16.6. The third-order valence-corrected chi connectivity index (χ3v) is 6.09. The number of cyclic esters (lactones) is 1. The summed E-state index contributed by atoms with van der Waals surface area (Å²) in [6.07, 6.45) is -0.187. The maximum Gasteiger partial charge on any atom is 0.416 e. The number of morpholine rings is 1. The van der Waals surface area contributed by atoms with E-state index in [9.17, 15) is 14.4 Å². The molecule has 2 heterocycles. The molecule has 0 aromatic heterocycles. The summed E-state index contributed by atoms with van der Waals surface area (Å²) in [5.41, 5.74) is 0.284. The van der Waals surface area contributed by atoms with Crippen LogP contribution in [0.3, 0.4) is 0 Å². The molecule has 3 aliphatic rings. The summed E-state index contributed by atoms with van der Waals surface area (Å²) in [4.78, 5) is 41.3. The Morgan fingerprint density at radius 2 is 1.82 bits per heavy atom. The molecule has 1 aliphatic carbocycles. The first-order valence-electron chi connectivity index (χ1n) is 9.54. The fourth-order valence-electron chi connectivity index (χ4n) is 4.76. The highest BCUT2D eigenvalue weighted by Gasteiger charge is 2.65. The lowest BCUT2D eigenvalue weighted by atomic mass is 9.54. The average Bonchev–Trinajstić information content (AvgIpc) is 3.15. The lowest BCUT2D eigenvalue weighted by Crippen LogP contribution is -2.69. The van der Waals surface area contributed by atoms with Gasteiger partial charge >= 0.3 is 12.1 Å². The molecule has 1 saturated carbocycles. The number of ether oxygens (including phenoxy) is 3. The summed E-state index contributed by atoms with van der Waals surface area (Å²) >= 11 is 0. The normalized spacial score (nSPS) is 30.5. The molecule has 8 nitrogen and oxygen atoms in total. The molecule has 1 aromatic rings. The SMILES string of the molecule is COC(=O)C1CC(c2ccccc2)(N2CCOCC2)C1C(=O)N1CCOC1=O. The number of carbonyl (C=O) groups is 3. The van der Waals surface area contributed by atoms with Crippen molar-refractivity contribution in [1.82, 2.24) is 9.80 Å². The second-order valence-corrected chi connectivity index (χ2v) is 7.31. The minimum Gasteiger partial charge on any atom is -0.469 e. The topological polar surface area (TPSA) is 85.4 Å². The van der Waals surface area contributed by atoms with Crippen LogP contribution in [0.4, 0.5) is 4.79 Å². The van der Waals surface area contributed by atoms with Crippen LogP contribution in [0.15, 0.2) is 30.3 Å². The molecule has 8 heteroatoms. The Labute approximate surface area is 163 Å². The molecule has 4 rings (SSSR count). The van der Waals surface area contributed by atoms with Gasteiger partial charge in [0.25, 0.3) is 0 Å². The molecule has 3 unspecified atom stereocenters. The fourth-order valence-corrected chi connectivity index (χ4v) is 4.76. The van der Waals surface area contributed by atoms with Crippen LogP contribution in [-0.2, 0) is 29.3 Å². The Hall–Kier alpha value is -2.45. The van der Waals surface area contributed by atoms with Gasteiger partial charge in [-0.2, -0.15) is 0 Å². The summed E-state index contributed by atoms with van der Waals surface area (Å²) in [5, 5.41) is 0. The number of methoxy groups -OCH3 is 1. The van der Waals surface area contributed by atoms with E-state index in [2.05, 4.69) is 4.90 Å². The van der Waals surface area contributed by atoms with Gasteiger partial charge in [0.05, 0.1) is 44.2 Å². The van der Waals surface area contributed by atoms with E-state index < -0.39 is 29.4 Å². The van der Waals surface area contributed by atoms with Crippen LogP contribution in [0.2, 0.25) is 0 Å². The number of rotatable bonds is 4. The lowest BCUT2D eigenvalue weighted by molar-refractivity contribution is -0.185. The molecular formula is C20H24N2O6. The van der Waals surface area contributed by atoms with Gasteiger partial charge in [-0.25, -0.2) is 9.69 Å². The van der Waals surface area contributed by atoms with Crippen molar-refractivity contribution in [1.29, 1.82) is 0 Å². The lowest BCUT2D eigenvalue weighted by Gasteiger charge is -2.59. The minimum atomic E-state index is -0.717. The molecular weight excluding hydrogens is 364 g/mol. The second-order valence-electron chi connectivity index (χ2n) is 7.31. The molecule has 0 spiro atoms. The van der Waals surface area contributed by atoms with E-state index in [-0.39, 0.29) is 19.1 Å². The summed E-state index contributed by atoms with van der Waals surface area (Å²) in [6, 6.07) is 9.72. The highest BCUT2D eigenvalue weighted by Crippen LogP contribution is 2.56. The molecule has 0 bridgehead atoms. The number of esters is 1. The van der Waals surface area contributed by atoms with Crippen molar-refractivity contribution in [2.45, 2.75) is 12.0 Å². The quantitative estimate of drug-likeness (QED) is 0.712. The van der Waals surface area contributed by atoms with Crippen molar-refractivity contribution in [3.63, 3.8) is 0 Å². The van der Waals surface area contributed by atoms with E-state index in [1.54, 1.807) is 0 Å². The van der Waals surface area contributed by atoms with Gasteiger partial charge in [-0.3, -0.25) is 14.5 Å². The fraction of sp³-hybridized carbons (Fsp3) is 0.550. The van der Waals surface area contributed by atoms with Gasteiger partial charge in [0.2, 0.25) is 5.91 Å². The number of imide groups is 1. The first kappa shape index (κ1) is 18.9. The summed E-state index contributed by atoms with van der Waals surface area (Å²) in [7, 11) is 1.32. The number of nitrogens with zero attached hydrogens (tertiary/aromatic N) is 2. The molecule has 2 saturated heterocycles. The summed E-state index contributed by atoms with van der Waals surface area (Å²) in [6.45, 7) is 2.80. The molecule has 1 aromatic carbocycles. The zero-order chi connectivity index (χ0) is 19.7. The van der Waals surface area contributed by atoms with Crippen molar-refractivity contribution in [3.05, 3.63) is 35.9 Å². The van der Waals surface area contributed by atoms with Crippen LogP contribution in [0.5, 0.6) is 0 Å². The van der Waals surface area contributed by atoms with Crippen molar-refractivity contribution in [3.8, 4) is 0 Å². The van der Waals surface area contributed by atoms with Crippen molar-refractivity contribution in [2.24, 2.45) is 11.8 Å². The molecule has 2 amide bonds. The molecule has 3 fully saturated rings. The first-order chi connectivity index (χ1) is 13.6. The zero-order valence-corrected chi connectivity index (χ0v) is 15.8. The van der Waals surface area contributed by atoms with Crippen molar-refractivity contribution in [2.75, 3.05) is 46.6 Å². The molecule has 0 N–H and O–H groups in total. The predicted octanol–water partition coefficient (Wildman–Crippen LogP) is 1.00. The standard InChI is InChI=1S/C20H24N2O6/c1-26-18(24)15-13-20(14-5-3-2-4-6-14,21-7-10-27-11-8-21)16(15)17(23)22-9-12-28-19(22)25/h2-6,15-16H,7-13H2,1H3. The van der Waals surface area contributed by atoms with E-state index in [4.69, 9.17) is 14.2 Å². The number of benzene rings is 1. The van der Waals surface area contributed by atoms with Gasteiger partial charge in [0.15, 0.2) is 0 Å². The van der Waals surface area contributed by atoms with E-state index in [1.165, 1.54) is 7.11 Å². The Kier molecular flexibility index (Phi) is 5.07. The van der Waals surface area contributed by atoms with Crippen LogP contribution in [0, 0.1) is 11.8 Å². The van der Waals surface area contributed by atoms with Gasteiger partial charge < -0.3 is 14.2 Å². The Morgan fingerprint density at radius 1 is 1.11 bits per heavy atom. The Bertz CT molecular complexity index is 763. The number of hydrogen-bond donors (Lipinski definition) is 0. The number of amides is 2. The monoisotopic (exact) mass is 388 g/mol. The van der Waals surface area contributed by atoms with E-state index >= 15 is 0 Å². The van der Waals surface area contributed by atoms with Gasteiger partial charge in [-0.1, -0.05) is 30.3 Å². The molecule has 28 heavy (non-hydrogen) atoms. The van der Waals surface area contributed by atoms with Gasteiger partial charge in [0.1, 0.15) is 6.61 Å². The van der Waals surface area contributed by atoms with Crippen molar-refractivity contribution < 1.29 is 28.6 Å². The summed E-state index contributed by atoms with van der Waals surface area (Å²) in [5.74, 6) is -2.12. The highest BCUT2D eigenvalue weighted by molar-refractivity contribution is 5.98. The van der Waals surface area contributed by atoms with Gasteiger partial charge in [0, 0.05) is 13.1 Å². The maximum absolute atomic E-state index is 13.5. The molecule has 2 aliphatic heterocycles. The average molecular weight is 388 g/mol. The molecule has 0 radical (unpaired) electrons. The number of carbonyl (C=O) groups excluding carboxylic acids is 3. The van der Waals surface area contributed by atoms with E-state index in [1.807, 2.05) is 30.3 Å². The van der Waals surface area contributed by atoms with E-state index in [0.29, 0.717) is 32.7 Å². The van der Waals surface area contributed by atoms with Crippen LogP contribution in [0.25, 0.3) is 0 Å². The number of hydrogen-bond acceptors (Lipinski definition) is 7. The predicted molar refractivity (Wildman–Crippen MR) is 97.2 cm³/mol. The largest absolute Gasteiger partial charge is 0.469 e. The Balaban J connectivity index is 1.77. The van der Waals surface area contributed by atoms with Crippen LogP contribution in [-0.4, -0.2) is 74.3 Å². The first-order valence-corrected chi connectivity index (χ1v) is 9.54. The Morgan fingerprint density at radius 3 is 2.43 bits per heavy atom. The third-order valence-electron chi connectivity index (χ3n) is 6.09. The smallest absolute Gasteiger partial charge is 0.416 e. The van der Waals surface area contributed by atoms with Crippen molar-refractivity contribution >= 4 is 18.0 Å². The van der Waals surface area contributed by atoms with E-state index in [0.717, 1.165) is 10.5 Å². The van der Waals surface area contributed by atoms with Crippen LogP contribution in [0.1, 0.15) is 12.0 Å². The minimum absolute atomic E-state index is 0.177. The van der Waals surface area contributed by atoms with Crippen LogP contribution < -0.4 is 0 Å². The van der Waals surface area contributed by atoms with Gasteiger partial charge in [-0.15, -0.1) is 0 Å². The third kappa shape index (κ3) is 2.87. The summed E-state index contributed by atoms with van der Waals surface area (Å²) < 4.78 is 15.4.